The SMILES string of the molecule is CC(=O)c1ccc(Oc2ccccc2Cl)nc1. The summed E-state index contributed by atoms with van der Waals surface area (Å²) in [5.74, 6) is 0.919. The molecule has 4 heteroatoms. The molecule has 0 amide bonds. The van der Waals surface area contributed by atoms with E-state index in [4.69, 9.17) is 16.3 Å². The molecule has 1 heterocycles. The van der Waals surface area contributed by atoms with Crippen LogP contribution in [0.3, 0.4) is 0 Å². The van der Waals surface area contributed by atoms with Gasteiger partial charge in [-0.3, -0.25) is 4.79 Å². The number of ether oxygens (including phenoxy) is 1. The molecule has 0 unspecified atom stereocenters. The van der Waals surface area contributed by atoms with Gasteiger partial charge in [0.25, 0.3) is 0 Å². The number of halogens is 1. The average molecular weight is 248 g/mol. The lowest BCUT2D eigenvalue weighted by Crippen LogP contribution is -1.94. The number of Topliss-reactive ketones (excluding diaryl/α,β-unsaturated/α-hetero) is 1. The number of aromatic nitrogens is 1. The predicted octanol–water partition coefficient (Wildman–Crippen LogP) is 3.73. The lowest BCUT2D eigenvalue weighted by molar-refractivity contribution is 0.101. The van der Waals surface area contributed by atoms with Crippen LogP contribution >= 0.6 is 11.6 Å². The Balaban J connectivity index is 2.20. The summed E-state index contributed by atoms with van der Waals surface area (Å²) in [6.07, 6.45) is 1.48. The van der Waals surface area contributed by atoms with Gasteiger partial charge in [0.2, 0.25) is 5.88 Å². The first-order chi connectivity index (χ1) is 8.16. The average Bonchev–Trinajstić information content (AvgIpc) is 2.33. The van der Waals surface area contributed by atoms with Crippen molar-refractivity contribution in [1.82, 2.24) is 4.98 Å². The Kier molecular flexibility index (Phi) is 3.40. The summed E-state index contributed by atoms with van der Waals surface area (Å²) in [6, 6.07) is 10.4. The molecule has 0 spiro atoms. The number of carbonyl (C=O) groups is 1. The van der Waals surface area contributed by atoms with E-state index in [1.54, 1.807) is 24.3 Å². The predicted molar refractivity (Wildman–Crippen MR) is 65.8 cm³/mol. The van der Waals surface area contributed by atoms with E-state index >= 15 is 0 Å². The molecule has 3 nitrogen and oxygen atoms in total. The van der Waals surface area contributed by atoms with Gasteiger partial charge in [-0.25, -0.2) is 4.98 Å². The molecule has 1 aromatic heterocycles. The molecule has 0 N–H and O–H groups in total. The fourth-order valence-electron chi connectivity index (χ4n) is 1.29. The zero-order valence-electron chi connectivity index (χ0n) is 9.18. The van der Waals surface area contributed by atoms with Crippen LogP contribution in [0.4, 0.5) is 0 Å². The van der Waals surface area contributed by atoms with Gasteiger partial charge in [0.15, 0.2) is 5.78 Å². The number of hydrogen-bond donors (Lipinski definition) is 0. The van der Waals surface area contributed by atoms with Gasteiger partial charge in [-0.1, -0.05) is 23.7 Å². The highest BCUT2D eigenvalue weighted by Crippen LogP contribution is 2.27. The van der Waals surface area contributed by atoms with Crippen molar-refractivity contribution in [1.29, 1.82) is 0 Å². The van der Waals surface area contributed by atoms with Crippen molar-refractivity contribution in [3.05, 3.63) is 53.2 Å². The Hall–Kier alpha value is -1.87. The van der Waals surface area contributed by atoms with Crippen LogP contribution < -0.4 is 4.74 Å². The van der Waals surface area contributed by atoms with E-state index < -0.39 is 0 Å². The van der Waals surface area contributed by atoms with Gasteiger partial charge in [0, 0.05) is 17.8 Å². The number of carbonyl (C=O) groups excluding carboxylic acids is 1. The maximum absolute atomic E-state index is 11.1. The van der Waals surface area contributed by atoms with Crippen molar-refractivity contribution in [2.24, 2.45) is 0 Å². The summed E-state index contributed by atoms with van der Waals surface area (Å²) in [5, 5.41) is 0.518. The van der Waals surface area contributed by atoms with Gasteiger partial charge in [-0.2, -0.15) is 0 Å². The molecule has 1 aromatic carbocycles. The molecule has 86 valence electrons. The molecule has 0 atom stereocenters. The maximum Gasteiger partial charge on any atom is 0.219 e. The molecule has 0 bridgehead atoms. The minimum Gasteiger partial charge on any atom is -0.437 e. The normalized spacial score (nSPS) is 10.0. The lowest BCUT2D eigenvalue weighted by atomic mass is 10.2. The van der Waals surface area contributed by atoms with Crippen LogP contribution in [0.5, 0.6) is 11.6 Å². The standard InChI is InChI=1S/C13H10ClNO2/c1-9(16)10-6-7-13(15-8-10)17-12-5-3-2-4-11(12)14/h2-8H,1H3. The zero-order chi connectivity index (χ0) is 12.3. The summed E-state index contributed by atoms with van der Waals surface area (Å²) >= 11 is 5.95. The van der Waals surface area contributed by atoms with E-state index in [1.807, 2.05) is 12.1 Å². The first-order valence-electron chi connectivity index (χ1n) is 5.06. The van der Waals surface area contributed by atoms with Crippen LogP contribution in [0, 0.1) is 0 Å². The van der Waals surface area contributed by atoms with Gasteiger partial charge >= 0.3 is 0 Å². The Morgan fingerprint density at radius 2 is 2.00 bits per heavy atom. The van der Waals surface area contributed by atoms with Gasteiger partial charge in [-0.05, 0) is 25.1 Å². The second kappa shape index (κ2) is 4.97. The van der Waals surface area contributed by atoms with E-state index in [0.717, 1.165) is 0 Å². The highest BCUT2D eigenvalue weighted by atomic mass is 35.5. The zero-order valence-corrected chi connectivity index (χ0v) is 9.94. The van der Waals surface area contributed by atoms with Crippen molar-refractivity contribution in [3.63, 3.8) is 0 Å². The van der Waals surface area contributed by atoms with Crippen molar-refractivity contribution < 1.29 is 9.53 Å². The number of pyridine rings is 1. The molecule has 0 aliphatic heterocycles. The number of para-hydroxylation sites is 1. The molecule has 0 aliphatic carbocycles. The lowest BCUT2D eigenvalue weighted by Gasteiger charge is -2.06. The molecule has 0 saturated heterocycles. The molecule has 0 aliphatic rings. The fraction of sp³-hybridized carbons (Fsp3) is 0.0769. The van der Waals surface area contributed by atoms with E-state index in [0.29, 0.717) is 22.2 Å². The van der Waals surface area contributed by atoms with Crippen LogP contribution in [0.2, 0.25) is 5.02 Å². The fourth-order valence-corrected chi connectivity index (χ4v) is 1.46. The van der Waals surface area contributed by atoms with Crippen molar-refractivity contribution in [3.8, 4) is 11.6 Å². The Labute approximate surface area is 104 Å². The van der Waals surface area contributed by atoms with Crippen LogP contribution in [0.1, 0.15) is 17.3 Å². The van der Waals surface area contributed by atoms with E-state index in [-0.39, 0.29) is 5.78 Å². The number of rotatable bonds is 3. The second-order valence-corrected chi connectivity index (χ2v) is 3.88. The molecular weight excluding hydrogens is 238 g/mol. The first-order valence-corrected chi connectivity index (χ1v) is 5.44. The van der Waals surface area contributed by atoms with Gasteiger partial charge in [0.1, 0.15) is 5.75 Å². The van der Waals surface area contributed by atoms with Crippen LogP contribution in [-0.4, -0.2) is 10.8 Å². The molecule has 0 radical (unpaired) electrons. The van der Waals surface area contributed by atoms with E-state index in [2.05, 4.69) is 4.98 Å². The number of benzene rings is 1. The minimum atomic E-state index is -0.0261. The van der Waals surface area contributed by atoms with Crippen molar-refractivity contribution in [2.45, 2.75) is 6.92 Å². The summed E-state index contributed by atoms with van der Waals surface area (Å²) in [7, 11) is 0. The van der Waals surface area contributed by atoms with Gasteiger partial charge < -0.3 is 4.74 Å². The number of nitrogens with zero attached hydrogens (tertiary/aromatic N) is 1. The van der Waals surface area contributed by atoms with E-state index in [1.165, 1.54) is 13.1 Å². The third-order valence-corrected chi connectivity index (χ3v) is 2.51. The molecular formula is C13H10ClNO2. The monoisotopic (exact) mass is 247 g/mol. The highest BCUT2D eigenvalue weighted by molar-refractivity contribution is 6.32. The third-order valence-electron chi connectivity index (χ3n) is 2.19. The van der Waals surface area contributed by atoms with Crippen LogP contribution in [-0.2, 0) is 0 Å². The van der Waals surface area contributed by atoms with Crippen molar-refractivity contribution in [2.75, 3.05) is 0 Å². The Morgan fingerprint density at radius 3 is 2.59 bits per heavy atom. The topological polar surface area (TPSA) is 39.2 Å². The summed E-state index contributed by atoms with van der Waals surface area (Å²) in [4.78, 5) is 15.1. The van der Waals surface area contributed by atoms with Crippen LogP contribution in [0.25, 0.3) is 0 Å². The molecule has 0 saturated carbocycles. The molecule has 0 fully saturated rings. The largest absolute Gasteiger partial charge is 0.437 e. The molecule has 2 aromatic rings. The van der Waals surface area contributed by atoms with Crippen molar-refractivity contribution >= 4 is 17.4 Å². The Morgan fingerprint density at radius 1 is 1.24 bits per heavy atom. The summed E-state index contributed by atoms with van der Waals surface area (Å²) < 4.78 is 5.49. The summed E-state index contributed by atoms with van der Waals surface area (Å²) in [5.41, 5.74) is 0.552. The van der Waals surface area contributed by atoms with Gasteiger partial charge in [0.05, 0.1) is 5.02 Å². The van der Waals surface area contributed by atoms with Crippen LogP contribution in [0.15, 0.2) is 42.6 Å². The maximum atomic E-state index is 11.1. The quantitative estimate of drug-likeness (QED) is 0.776. The third kappa shape index (κ3) is 2.82. The smallest absolute Gasteiger partial charge is 0.219 e. The highest BCUT2D eigenvalue weighted by Gasteiger charge is 2.04. The number of hydrogen-bond acceptors (Lipinski definition) is 3. The van der Waals surface area contributed by atoms with E-state index in [9.17, 15) is 4.79 Å². The summed E-state index contributed by atoms with van der Waals surface area (Å²) in [6.45, 7) is 1.49. The Bertz CT molecular complexity index is 537. The minimum absolute atomic E-state index is 0.0261. The first kappa shape index (κ1) is 11.6. The second-order valence-electron chi connectivity index (χ2n) is 3.47. The number of ketones is 1. The molecule has 2 rings (SSSR count). The van der Waals surface area contributed by atoms with Gasteiger partial charge in [-0.15, -0.1) is 0 Å². The molecule has 17 heavy (non-hydrogen) atoms.